The summed E-state index contributed by atoms with van der Waals surface area (Å²) >= 11 is 0. The molecule has 140 valence electrons. The second-order valence-electron chi connectivity index (χ2n) is 7.09. The highest BCUT2D eigenvalue weighted by Gasteiger charge is 2.23. The Morgan fingerprint density at radius 2 is 2.00 bits per heavy atom. The SMILES string of the molecule is CC(C)OC(=O)c1ccc(COC2CCCCCc3c2nnn3C)cc1. The van der Waals surface area contributed by atoms with Gasteiger partial charge in [0.25, 0.3) is 0 Å². The van der Waals surface area contributed by atoms with E-state index in [-0.39, 0.29) is 18.2 Å². The number of esters is 1. The van der Waals surface area contributed by atoms with E-state index in [1.165, 1.54) is 18.5 Å². The average Bonchev–Trinajstić information content (AvgIpc) is 2.94. The van der Waals surface area contributed by atoms with Gasteiger partial charge in [-0.1, -0.05) is 30.2 Å². The number of carbonyl (C=O) groups excluding carboxylic acids is 1. The van der Waals surface area contributed by atoms with Crippen LogP contribution in [0.5, 0.6) is 0 Å². The van der Waals surface area contributed by atoms with Gasteiger partial charge in [-0.2, -0.15) is 0 Å². The Hall–Kier alpha value is -2.21. The second-order valence-corrected chi connectivity index (χ2v) is 7.09. The van der Waals surface area contributed by atoms with Gasteiger partial charge in [-0.15, -0.1) is 5.10 Å². The molecule has 6 heteroatoms. The minimum absolute atomic E-state index is 0.0235. The van der Waals surface area contributed by atoms with Crippen LogP contribution in [0.2, 0.25) is 0 Å². The molecule has 0 aliphatic heterocycles. The van der Waals surface area contributed by atoms with Gasteiger partial charge in [0.1, 0.15) is 11.8 Å². The smallest absolute Gasteiger partial charge is 0.338 e. The highest BCUT2D eigenvalue weighted by molar-refractivity contribution is 5.89. The number of aryl methyl sites for hydroxylation is 1. The number of hydrogen-bond acceptors (Lipinski definition) is 5. The second kappa shape index (κ2) is 8.45. The molecule has 0 bridgehead atoms. The third kappa shape index (κ3) is 4.49. The van der Waals surface area contributed by atoms with E-state index in [0.717, 1.165) is 30.5 Å². The molecule has 0 saturated carbocycles. The van der Waals surface area contributed by atoms with E-state index >= 15 is 0 Å². The van der Waals surface area contributed by atoms with Crippen molar-refractivity contribution >= 4 is 5.97 Å². The fraction of sp³-hybridized carbons (Fsp3) is 0.550. The van der Waals surface area contributed by atoms with Crippen LogP contribution in [0.1, 0.15) is 72.9 Å². The third-order valence-electron chi connectivity index (χ3n) is 4.64. The topological polar surface area (TPSA) is 66.2 Å². The monoisotopic (exact) mass is 357 g/mol. The number of aromatic nitrogens is 3. The number of nitrogens with zero attached hydrogens (tertiary/aromatic N) is 3. The number of hydrogen-bond donors (Lipinski definition) is 0. The number of benzene rings is 1. The molecule has 1 aliphatic rings. The van der Waals surface area contributed by atoms with E-state index in [1.54, 1.807) is 12.1 Å². The van der Waals surface area contributed by atoms with E-state index < -0.39 is 0 Å². The van der Waals surface area contributed by atoms with Gasteiger partial charge in [0, 0.05) is 7.05 Å². The zero-order chi connectivity index (χ0) is 18.5. The molecule has 1 atom stereocenters. The molecule has 2 aromatic rings. The first-order valence-corrected chi connectivity index (χ1v) is 9.34. The van der Waals surface area contributed by atoms with E-state index in [2.05, 4.69) is 10.3 Å². The fourth-order valence-electron chi connectivity index (χ4n) is 3.25. The molecule has 0 fully saturated rings. The van der Waals surface area contributed by atoms with E-state index in [9.17, 15) is 4.79 Å². The molecule has 0 radical (unpaired) electrons. The zero-order valence-corrected chi connectivity index (χ0v) is 15.8. The first kappa shape index (κ1) is 18.6. The number of ether oxygens (including phenoxy) is 2. The van der Waals surface area contributed by atoms with Crippen molar-refractivity contribution in [1.29, 1.82) is 0 Å². The van der Waals surface area contributed by atoms with Crippen molar-refractivity contribution in [3.63, 3.8) is 0 Å². The van der Waals surface area contributed by atoms with Crippen molar-refractivity contribution in [2.45, 2.75) is 64.8 Å². The van der Waals surface area contributed by atoms with Crippen molar-refractivity contribution in [2.24, 2.45) is 7.05 Å². The molecule has 1 heterocycles. The van der Waals surface area contributed by atoms with Gasteiger partial charge in [0.05, 0.1) is 24.0 Å². The van der Waals surface area contributed by atoms with Crippen LogP contribution in [0.3, 0.4) is 0 Å². The Kier molecular flexibility index (Phi) is 6.04. The molecule has 0 N–H and O–H groups in total. The van der Waals surface area contributed by atoms with Crippen molar-refractivity contribution in [3.05, 3.63) is 46.8 Å². The van der Waals surface area contributed by atoms with E-state index in [1.807, 2.05) is 37.7 Å². The third-order valence-corrected chi connectivity index (χ3v) is 4.64. The summed E-state index contributed by atoms with van der Waals surface area (Å²) in [6.07, 6.45) is 5.35. The lowest BCUT2D eigenvalue weighted by molar-refractivity contribution is 0.0275. The summed E-state index contributed by atoms with van der Waals surface area (Å²) in [6, 6.07) is 7.40. The first-order chi connectivity index (χ1) is 12.5. The Morgan fingerprint density at radius 3 is 2.73 bits per heavy atom. The van der Waals surface area contributed by atoms with Crippen LogP contribution in [0.15, 0.2) is 24.3 Å². The Morgan fingerprint density at radius 1 is 1.23 bits per heavy atom. The highest BCUT2D eigenvalue weighted by Crippen LogP contribution is 2.29. The molecular weight excluding hydrogens is 330 g/mol. The van der Waals surface area contributed by atoms with Gasteiger partial charge in [-0.05, 0) is 50.8 Å². The predicted molar refractivity (Wildman–Crippen MR) is 97.7 cm³/mol. The van der Waals surface area contributed by atoms with Crippen LogP contribution in [0, 0.1) is 0 Å². The average molecular weight is 357 g/mol. The lowest BCUT2D eigenvalue weighted by atomic mass is 9.99. The molecular formula is C20H27N3O3. The Balaban J connectivity index is 1.64. The summed E-state index contributed by atoms with van der Waals surface area (Å²) < 4.78 is 13.3. The maximum atomic E-state index is 11.9. The van der Waals surface area contributed by atoms with Crippen molar-refractivity contribution < 1.29 is 14.3 Å². The van der Waals surface area contributed by atoms with Crippen LogP contribution < -0.4 is 0 Å². The fourth-order valence-corrected chi connectivity index (χ4v) is 3.25. The number of fused-ring (bicyclic) bond motifs is 1. The Bertz CT molecular complexity index is 737. The summed E-state index contributed by atoms with van der Waals surface area (Å²) in [6.45, 7) is 4.17. The van der Waals surface area contributed by atoms with E-state index in [0.29, 0.717) is 12.2 Å². The molecule has 1 aromatic heterocycles. The summed E-state index contributed by atoms with van der Waals surface area (Å²) in [7, 11) is 1.94. The molecule has 0 saturated heterocycles. The lowest BCUT2D eigenvalue weighted by Gasteiger charge is -2.20. The van der Waals surface area contributed by atoms with Crippen LogP contribution >= 0.6 is 0 Å². The molecule has 6 nitrogen and oxygen atoms in total. The maximum Gasteiger partial charge on any atom is 0.338 e. The van der Waals surface area contributed by atoms with Crippen molar-refractivity contribution in [2.75, 3.05) is 0 Å². The molecule has 1 aromatic carbocycles. The molecule has 0 spiro atoms. The predicted octanol–water partition coefficient (Wildman–Crippen LogP) is 3.75. The Labute approximate surface area is 154 Å². The summed E-state index contributed by atoms with van der Waals surface area (Å²) in [5.74, 6) is -0.295. The van der Waals surface area contributed by atoms with Gasteiger partial charge >= 0.3 is 5.97 Å². The van der Waals surface area contributed by atoms with Crippen LogP contribution in [0.25, 0.3) is 0 Å². The zero-order valence-electron chi connectivity index (χ0n) is 15.8. The number of carbonyl (C=O) groups is 1. The lowest BCUT2D eigenvalue weighted by Crippen LogP contribution is -2.12. The molecule has 0 amide bonds. The van der Waals surface area contributed by atoms with Crippen LogP contribution in [0.4, 0.5) is 0 Å². The van der Waals surface area contributed by atoms with Gasteiger partial charge in [-0.3, -0.25) is 4.68 Å². The molecule has 3 rings (SSSR count). The van der Waals surface area contributed by atoms with Gasteiger partial charge in [-0.25, -0.2) is 4.79 Å². The highest BCUT2D eigenvalue weighted by atomic mass is 16.5. The van der Waals surface area contributed by atoms with Gasteiger partial charge in [0.15, 0.2) is 0 Å². The molecule has 1 unspecified atom stereocenters. The maximum absolute atomic E-state index is 11.9. The van der Waals surface area contributed by atoms with Crippen LogP contribution in [-0.2, 0) is 29.5 Å². The van der Waals surface area contributed by atoms with Crippen LogP contribution in [-0.4, -0.2) is 27.1 Å². The summed E-state index contributed by atoms with van der Waals surface area (Å²) in [4.78, 5) is 11.9. The van der Waals surface area contributed by atoms with Gasteiger partial charge in [0.2, 0.25) is 0 Å². The quantitative estimate of drug-likeness (QED) is 0.762. The summed E-state index contributed by atoms with van der Waals surface area (Å²) in [5, 5.41) is 8.52. The number of rotatable bonds is 5. The standard InChI is InChI=1S/C20H27N3O3/c1-14(2)26-20(24)16-11-9-15(10-12-16)13-25-18-8-6-4-5-7-17-19(18)21-22-23(17)3/h9-12,14,18H,4-8,13H2,1-3H3. The molecule has 1 aliphatic carbocycles. The van der Waals surface area contributed by atoms with Gasteiger partial charge < -0.3 is 9.47 Å². The minimum atomic E-state index is -0.295. The van der Waals surface area contributed by atoms with E-state index in [4.69, 9.17) is 9.47 Å². The summed E-state index contributed by atoms with van der Waals surface area (Å²) in [5.41, 5.74) is 3.74. The molecule has 26 heavy (non-hydrogen) atoms. The van der Waals surface area contributed by atoms with Crippen molar-refractivity contribution in [1.82, 2.24) is 15.0 Å². The van der Waals surface area contributed by atoms with Crippen molar-refractivity contribution in [3.8, 4) is 0 Å². The first-order valence-electron chi connectivity index (χ1n) is 9.34. The normalized spacial score (nSPS) is 17.5. The minimum Gasteiger partial charge on any atom is -0.459 e. The largest absolute Gasteiger partial charge is 0.459 e.